The molecule has 2 aliphatic rings. The monoisotopic (exact) mass is 216 g/mol. The van der Waals surface area contributed by atoms with Crippen LogP contribution >= 0.6 is 0 Å². The maximum atomic E-state index is 5.87. The molecule has 2 fully saturated rings. The van der Waals surface area contributed by atoms with Crippen molar-refractivity contribution in [2.75, 3.05) is 13.2 Å². The van der Waals surface area contributed by atoms with E-state index in [1.54, 1.807) is 0 Å². The third-order valence-electron chi connectivity index (χ3n) is 3.47. The molecule has 2 nitrogen and oxygen atoms in total. The highest BCUT2D eigenvalue weighted by Gasteiger charge is 2.47. The van der Waals surface area contributed by atoms with Gasteiger partial charge in [-0.1, -0.05) is 36.4 Å². The molecule has 0 amide bonds. The fourth-order valence-electron chi connectivity index (χ4n) is 2.55. The van der Waals surface area contributed by atoms with Crippen LogP contribution in [0.3, 0.4) is 0 Å². The topological polar surface area (TPSA) is 18.5 Å². The summed E-state index contributed by atoms with van der Waals surface area (Å²) in [4.78, 5) is 0. The van der Waals surface area contributed by atoms with Crippen molar-refractivity contribution in [3.05, 3.63) is 42.0 Å². The minimum absolute atomic E-state index is 0.143. The van der Waals surface area contributed by atoms with Gasteiger partial charge in [0.1, 0.15) is 5.60 Å². The van der Waals surface area contributed by atoms with E-state index >= 15 is 0 Å². The Morgan fingerprint density at radius 1 is 1.19 bits per heavy atom. The minimum atomic E-state index is -0.143. The first-order valence-electron chi connectivity index (χ1n) is 5.89. The molecule has 0 bridgehead atoms. The number of hydrogen-bond donors (Lipinski definition) is 0. The van der Waals surface area contributed by atoms with Crippen LogP contribution in [0.1, 0.15) is 18.4 Å². The Morgan fingerprint density at radius 2 is 2.06 bits per heavy atom. The van der Waals surface area contributed by atoms with Gasteiger partial charge in [0.05, 0.1) is 19.3 Å². The number of ether oxygens (including phenoxy) is 2. The van der Waals surface area contributed by atoms with Crippen molar-refractivity contribution in [2.24, 2.45) is 0 Å². The zero-order chi connectivity index (χ0) is 10.8. The van der Waals surface area contributed by atoms with Gasteiger partial charge in [-0.15, -0.1) is 0 Å². The molecular weight excluding hydrogens is 200 g/mol. The smallest absolute Gasteiger partial charge is 0.115 e. The van der Waals surface area contributed by atoms with Gasteiger partial charge in [-0.3, -0.25) is 0 Å². The fourth-order valence-corrected chi connectivity index (χ4v) is 2.55. The molecule has 3 rings (SSSR count). The molecule has 16 heavy (non-hydrogen) atoms. The molecule has 0 spiro atoms. The standard InChI is InChI=1S/C14H16O2/c1-2-4-12(5-3-1)6-8-14-9-11-15-13(14)7-10-16-14/h1-6,8,13H,7,9-11H2/b8-6-. The summed E-state index contributed by atoms with van der Waals surface area (Å²) in [5.41, 5.74) is 1.08. The van der Waals surface area contributed by atoms with E-state index in [0.29, 0.717) is 0 Å². The van der Waals surface area contributed by atoms with Crippen molar-refractivity contribution in [1.82, 2.24) is 0 Å². The maximum Gasteiger partial charge on any atom is 0.115 e. The lowest BCUT2D eigenvalue weighted by Gasteiger charge is -2.22. The molecule has 0 N–H and O–H groups in total. The second kappa shape index (κ2) is 4.04. The van der Waals surface area contributed by atoms with Crippen LogP contribution in [0.15, 0.2) is 36.4 Å². The van der Waals surface area contributed by atoms with Crippen molar-refractivity contribution in [1.29, 1.82) is 0 Å². The predicted octanol–water partition coefficient (Wildman–Crippen LogP) is 2.65. The molecule has 0 aromatic heterocycles. The van der Waals surface area contributed by atoms with Gasteiger partial charge in [0, 0.05) is 12.8 Å². The molecule has 2 atom stereocenters. The van der Waals surface area contributed by atoms with E-state index in [1.807, 2.05) is 6.07 Å². The zero-order valence-corrected chi connectivity index (χ0v) is 9.26. The molecule has 1 aromatic carbocycles. The second-order valence-corrected chi connectivity index (χ2v) is 4.45. The summed E-state index contributed by atoms with van der Waals surface area (Å²) < 4.78 is 11.6. The summed E-state index contributed by atoms with van der Waals surface area (Å²) in [7, 11) is 0. The summed E-state index contributed by atoms with van der Waals surface area (Å²) in [6, 6.07) is 10.3. The van der Waals surface area contributed by atoms with Crippen LogP contribution in [-0.4, -0.2) is 24.9 Å². The van der Waals surface area contributed by atoms with Crippen LogP contribution in [0.5, 0.6) is 0 Å². The number of hydrogen-bond acceptors (Lipinski definition) is 2. The first kappa shape index (κ1) is 10.1. The highest BCUT2D eigenvalue weighted by atomic mass is 16.6. The van der Waals surface area contributed by atoms with Crippen molar-refractivity contribution in [3.63, 3.8) is 0 Å². The van der Waals surface area contributed by atoms with Crippen LogP contribution in [0.25, 0.3) is 6.08 Å². The predicted molar refractivity (Wildman–Crippen MR) is 63.1 cm³/mol. The quantitative estimate of drug-likeness (QED) is 0.756. The Kier molecular flexibility index (Phi) is 2.54. The van der Waals surface area contributed by atoms with E-state index in [2.05, 4.69) is 36.4 Å². The highest BCUT2D eigenvalue weighted by Crippen LogP contribution is 2.38. The molecule has 0 radical (unpaired) electrons. The molecule has 2 unspecified atom stereocenters. The van der Waals surface area contributed by atoms with Gasteiger partial charge >= 0.3 is 0 Å². The van der Waals surface area contributed by atoms with Crippen LogP contribution in [-0.2, 0) is 9.47 Å². The Balaban J connectivity index is 1.81. The highest BCUT2D eigenvalue weighted by molar-refractivity contribution is 5.50. The Bertz CT molecular complexity index is 373. The van der Waals surface area contributed by atoms with Crippen molar-refractivity contribution in [3.8, 4) is 0 Å². The largest absolute Gasteiger partial charge is 0.375 e. The van der Waals surface area contributed by atoms with E-state index < -0.39 is 0 Å². The zero-order valence-electron chi connectivity index (χ0n) is 9.26. The summed E-state index contributed by atoms with van der Waals surface area (Å²) in [6.07, 6.45) is 6.62. The molecular formula is C14H16O2. The minimum Gasteiger partial charge on any atom is -0.375 e. The van der Waals surface area contributed by atoms with Crippen LogP contribution < -0.4 is 0 Å². The van der Waals surface area contributed by atoms with Crippen LogP contribution in [0.2, 0.25) is 0 Å². The molecule has 2 saturated heterocycles. The van der Waals surface area contributed by atoms with Crippen molar-refractivity contribution in [2.45, 2.75) is 24.5 Å². The SMILES string of the molecule is C(=C/C12CCOC1CCO2)/c1ccccc1. The van der Waals surface area contributed by atoms with E-state index in [1.165, 1.54) is 5.56 Å². The number of rotatable bonds is 2. The summed E-state index contributed by atoms with van der Waals surface area (Å²) in [5.74, 6) is 0. The first-order valence-corrected chi connectivity index (χ1v) is 5.89. The van der Waals surface area contributed by atoms with E-state index in [0.717, 1.165) is 26.1 Å². The van der Waals surface area contributed by atoms with E-state index in [4.69, 9.17) is 9.47 Å². The van der Waals surface area contributed by atoms with Gasteiger partial charge in [0.25, 0.3) is 0 Å². The van der Waals surface area contributed by atoms with Crippen molar-refractivity contribution < 1.29 is 9.47 Å². The molecule has 2 aliphatic heterocycles. The summed E-state index contributed by atoms with van der Waals surface area (Å²) in [5, 5.41) is 0. The summed E-state index contributed by atoms with van der Waals surface area (Å²) >= 11 is 0. The maximum absolute atomic E-state index is 5.87. The average molecular weight is 216 g/mol. The fraction of sp³-hybridized carbons (Fsp3) is 0.429. The molecule has 0 aliphatic carbocycles. The van der Waals surface area contributed by atoms with E-state index in [-0.39, 0.29) is 11.7 Å². The van der Waals surface area contributed by atoms with Crippen LogP contribution in [0.4, 0.5) is 0 Å². The third kappa shape index (κ3) is 1.68. The van der Waals surface area contributed by atoms with Gasteiger partial charge in [-0.05, 0) is 11.6 Å². The molecule has 2 heteroatoms. The molecule has 2 heterocycles. The van der Waals surface area contributed by atoms with Gasteiger partial charge in [0.15, 0.2) is 0 Å². The van der Waals surface area contributed by atoms with Gasteiger partial charge in [-0.25, -0.2) is 0 Å². The Morgan fingerprint density at radius 3 is 2.94 bits per heavy atom. The lowest BCUT2D eigenvalue weighted by molar-refractivity contribution is 0.0177. The van der Waals surface area contributed by atoms with E-state index in [9.17, 15) is 0 Å². The first-order chi connectivity index (χ1) is 7.89. The second-order valence-electron chi connectivity index (χ2n) is 4.45. The molecule has 0 saturated carbocycles. The Hall–Kier alpha value is -1.12. The average Bonchev–Trinajstić information content (AvgIpc) is 2.87. The number of fused-ring (bicyclic) bond motifs is 1. The third-order valence-corrected chi connectivity index (χ3v) is 3.47. The lowest BCUT2D eigenvalue weighted by atomic mass is 9.94. The van der Waals surface area contributed by atoms with Crippen molar-refractivity contribution >= 4 is 6.08 Å². The molecule has 1 aromatic rings. The molecule has 84 valence electrons. The normalized spacial score (nSPS) is 33.4. The number of benzene rings is 1. The van der Waals surface area contributed by atoms with Gasteiger partial charge in [0.2, 0.25) is 0 Å². The summed E-state index contributed by atoms with van der Waals surface area (Å²) in [6.45, 7) is 1.65. The van der Waals surface area contributed by atoms with Crippen LogP contribution in [0, 0.1) is 0 Å². The Labute approximate surface area is 95.9 Å². The van der Waals surface area contributed by atoms with Gasteiger partial charge in [-0.2, -0.15) is 0 Å². The van der Waals surface area contributed by atoms with Gasteiger partial charge < -0.3 is 9.47 Å². The lowest BCUT2D eigenvalue weighted by Crippen LogP contribution is -2.32.